The average Bonchev–Trinajstić information content (AvgIpc) is 3.77. The second kappa shape index (κ2) is 13.2. The summed E-state index contributed by atoms with van der Waals surface area (Å²) in [4.78, 5) is 43.2. The number of aromatic nitrogens is 2. The number of fused-ring (bicyclic) bond motifs is 1. The Morgan fingerprint density at radius 2 is 1.69 bits per heavy atom. The number of amides is 3. The highest BCUT2D eigenvalue weighted by molar-refractivity contribution is 7.90. The molecule has 0 aliphatic carbocycles. The summed E-state index contributed by atoms with van der Waals surface area (Å²) in [5, 5.41) is 21.8. The number of hydrazine groups is 1. The molecule has 0 saturated carbocycles. The number of benzene rings is 3. The van der Waals surface area contributed by atoms with Crippen molar-refractivity contribution < 1.29 is 37.3 Å². The van der Waals surface area contributed by atoms with Crippen molar-refractivity contribution in [2.24, 2.45) is 5.28 Å². The molecule has 3 heterocycles. The third-order valence-electron chi connectivity index (χ3n) is 7.95. The molecule has 4 aromatic rings. The van der Waals surface area contributed by atoms with Crippen LogP contribution >= 0.6 is 0 Å². The van der Waals surface area contributed by atoms with Crippen molar-refractivity contribution >= 4 is 27.9 Å². The van der Waals surface area contributed by atoms with Gasteiger partial charge < -0.3 is 14.8 Å². The van der Waals surface area contributed by atoms with E-state index < -0.39 is 40.7 Å². The zero-order valence-electron chi connectivity index (χ0n) is 26.0. The van der Waals surface area contributed by atoms with Crippen LogP contribution in [0.2, 0.25) is 0 Å². The van der Waals surface area contributed by atoms with Gasteiger partial charge in [-0.2, -0.15) is 5.10 Å². The predicted octanol–water partition coefficient (Wildman–Crippen LogP) is 4.10. The Morgan fingerprint density at radius 1 is 1.02 bits per heavy atom. The van der Waals surface area contributed by atoms with E-state index >= 15 is 0 Å². The highest BCUT2D eigenvalue weighted by atomic mass is 32.2. The SMILES string of the molecule is Cc1ccc(-c2cc(C)nn2-c2ccc(S(=O)(=O)NC(=O)OC[C@@H]3CCCN3/[N+]([O-])=N/OCN3C(=O)c4ccccc4C3=O)cc2)cc1. The molecule has 2 aliphatic heterocycles. The number of nitrogens with zero attached hydrogens (tertiary/aromatic N) is 6. The van der Waals surface area contributed by atoms with E-state index in [0.717, 1.165) is 27.4 Å². The second-order valence-corrected chi connectivity index (χ2v) is 13.0. The fraction of sp³-hybridized carbons (Fsp3) is 0.250. The van der Waals surface area contributed by atoms with E-state index in [1.807, 2.05) is 48.9 Å². The van der Waals surface area contributed by atoms with Gasteiger partial charge in [0.1, 0.15) is 12.6 Å². The van der Waals surface area contributed by atoms with Gasteiger partial charge in [0, 0.05) is 5.56 Å². The number of hydrogen-bond donors (Lipinski definition) is 1. The lowest BCUT2D eigenvalue weighted by Gasteiger charge is -2.20. The summed E-state index contributed by atoms with van der Waals surface area (Å²) in [6, 6.07) is 21.5. The van der Waals surface area contributed by atoms with E-state index in [9.17, 15) is 28.0 Å². The molecule has 0 bridgehead atoms. The first-order chi connectivity index (χ1) is 23.0. The molecule has 16 heteroatoms. The summed E-state index contributed by atoms with van der Waals surface area (Å²) in [6.07, 6.45) is -0.202. The Morgan fingerprint density at radius 3 is 2.35 bits per heavy atom. The minimum absolute atomic E-state index is 0.154. The first-order valence-electron chi connectivity index (χ1n) is 15.0. The van der Waals surface area contributed by atoms with Crippen molar-refractivity contribution in [2.75, 3.05) is 19.9 Å². The number of rotatable bonds is 10. The molecule has 1 atom stereocenters. The highest BCUT2D eigenvalue weighted by Gasteiger charge is 2.36. The van der Waals surface area contributed by atoms with Crippen LogP contribution < -0.4 is 4.72 Å². The van der Waals surface area contributed by atoms with Crippen LogP contribution in [0.1, 0.15) is 44.8 Å². The largest absolute Gasteiger partial charge is 0.569 e. The summed E-state index contributed by atoms with van der Waals surface area (Å²) in [5.74, 6) is -1.12. The fourth-order valence-electron chi connectivity index (χ4n) is 5.51. The summed E-state index contributed by atoms with van der Waals surface area (Å²) in [6.45, 7) is 3.24. The van der Waals surface area contributed by atoms with Crippen molar-refractivity contribution in [3.05, 3.63) is 106 Å². The van der Waals surface area contributed by atoms with Gasteiger partial charge in [-0.3, -0.25) is 9.59 Å². The molecule has 1 fully saturated rings. The van der Waals surface area contributed by atoms with E-state index in [1.54, 1.807) is 28.9 Å². The molecule has 248 valence electrons. The maximum Gasteiger partial charge on any atom is 0.421 e. The Balaban J connectivity index is 1.03. The Labute approximate surface area is 275 Å². The Bertz CT molecular complexity index is 1980. The number of carbonyl (C=O) groups excluding carboxylic acids is 3. The van der Waals surface area contributed by atoms with Crippen LogP contribution in [0, 0.1) is 19.1 Å². The van der Waals surface area contributed by atoms with Crippen LogP contribution in [0.25, 0.3) is 16.9 Å². The molecule has 1 saturated heterocycles. The lowest BCUT2D eigenvalue weighted by atomic mass is 10.1. The van der Waals surface area contributed by atoms with Crippen molar-refractivity contribution in [2.45, 2.75) is 37.6 Å². The molecule has 1 N–H and O–H groups in total. The van der Waals surface area contributed by atoms with Crippen LogP contribution in [0.15, 0.2) is 89.0 Å². The Hall–Kier alpha value is -5.77. The predicted molar refractivity (Wildman–Crippen MR) is 169 cm³/mol. The monoisotopic (exact) mass is 673 g/mol. The van der Waals surface area contributed by atoms with Crippen LogP contribution in [0.5, 0.6) is 0 Å². The lowest BCUT2D eigenvalue weighted by molar-refractivity contribution is -0.715. The maximum absolute atomic E-state index is 12.9. The van der Waals surface area contributed by atoms with E-state index in [0.29, 0.717) is 18.5 Å². The van der Waals surface area contributed by atoms with Crippen LogP contribution in [0.3, 0.4) is 0 Å². The number of sulfonamides is 1. The number of ether oxygens (including phenoxy) is 1. The van der Waals surface area contributed by atoms with Gasteiger partial charge in [-0.25, -0.2) is 27.5 Å². The minimum Gasteiger partial charge on any atom is -0.569 e. The maximum atomic E-state index is 12.9. The molecule has 0 radical (unpaired) electrons. The number of carbonyl (C=O) groups is 3. The van der Waals surface area contributed by atoms with E-state index in [-0.39, 0.29) is 34.1 Å². The summed E-state index contributed by atoms with van der Waals surface area (Å²) in [7, 11) is -4.28. The first-order valence-corrected chi connectivity index (χ1v) is 16.5. The molecule has 3 amide bonds. The zero-order valence-corrected chi connectivity index (χ0v) is 26.8. The van der Waals surface area contributed by atoms with Gasteiger partial charge in [0.2, 0.25) is 12.0 Å². The minimum atomic E-state index is -4.28. The standard InChI is InChI=1S/C32H31N7O8S/c1-21-9-11-23(12-10-21)29-18-22(2)33-38(29)24-13-15-26(16-14-24)48(44,45)34-32(42)46-19-25-6-5-17-37(25)39(43)35-47-20-36-30(40)27-7-3-4-8-28(27)31(36)41/h3-4,7-16,18,25H,5-6,17,19-20H2,1-2H3,(H,34,42)/b39-35-/t25-/m0/s1. The number of nitrogens with one attached hydrogen (secondary N) is 1. The molecule has 0 unspecified atom stereocenters. The summed E-state index contributed by atoms with van der Waals surface area (Å²) < 4.78 is 34.6. The number of aryl methyl sites for hydroxylation is 2. The van der Waals surface area contributed by atoms with Gasteiger partial charge in [-0.1, -0.05) is 42.0 Å². The summed E-state index contributed by atoms with van der Waals surface area (Å²) >= 11 is 0. The Kier molecular flexibility index (Phi) is 8.82. The van der Waals surface area contributed by atoms with E-state index in [4.69, 9.17) is 9.57 Å². The first kappa shape index (κ1) is 32.2. The molecule has 6 rings (SSSR count). The van der Waals surface area contributed by atoms with Crippen LogP contribution in [-0.4, -0.2) is 76.9 Å². The van der Waals surface area contributed by atoms with Crippen molar-refractivity contribution in [1.29, 1.82) is 0 Å². The van der Waals surface area contributed by atoms with Crippen molar-refractivity contribution in [3.63, 3.8) is 0 Å². The molecule has 0 spiro atoms. The molecule has 15 nitrogen and oxygen atoms in total. The fourth-order valence-corrected chi connectivity index (χ4v) is 6.40. The van der Waals surface area contributed by atoms with Crippen LogP contribution in [0.4, 0.5) is 4.79 Å². The number of hydrogen-bond acceptors (Lipinski definition) is 10. The molecular weight excluding hydrogens is 642 g/mol. The van der Waals surface area contributed by atoms with Gasteiger partial charge in [0.15, 0.2) is 0 Å². The molecular formula is C32H31N7O8S. The number of imide groups is 1. The molecule has 3 aromatic carbocycles. The molecule has 48 heavy (non-hydrogen) atoms. The quantitative estimate of drug-likeness (QED) is 0.112. The smallest absolute Gasteiger partial charge is 0.421 e. The average molecular weight is 674 g/mol. The van der Waals surface area contributed by atoms with E-state index in [1.165, 1.54) is 29.3 Å². The van der Waals surface area contributed by atoms with Gasteiger partial charge in [-0.15, -0.1) is 5.01 Å². The normalized spacial score (nSPS) is 16.3. The third-order valence-corrected chi connectivity index (χ3v) is 9.28. The van der Waals surface area contributed by atoms with Crippen molar-refractivity contribution in [3.8, 4) is 16.9 Å². The third kappa shape index (κ3) is 6.55. The second-order valence-electron chi connectivity index (χ2n) is 11.3. The zero-order chi connectivity index (χ0) is 34.0. The highest BCUT2D eigenvalue weighted by Crippen LogP contribution is 2.26. The molecule has 1 aromatic heterocycles. The van der Waals surface area contributed by atoms with Gasteiger partial charge >= 0.3 is 6.09 Å². The van der Waals surface area contributed by atoms with Crippen LogP contribution in [-0.2, 0) is 19.6 Å². The summed E-state index contributed by atoms with van der Waals surface area (Å²) in [5.41, 5.74) is 4.79. The van der Waals surface area contributed by atoms with Gasteiger partial charge in [0.05, 0.1) is 44.6 Å². The van der Waals surface area contributed by atoms with Gasteiger partial charge in [0.25, 0.3) is 21.8 Å². The van der Waals surface area contributed by atoms with Crippen molar-refractivity contribution in [1.82, 2.24) is 24.4 Å². The molecule has 2 aliphatic rings. The van der Waals surface area contributed by atoms with Gasteiger partial charge in [-0.05, 0) is 69.2 Å². The topological polar surface area (TPSA) is 179 Å². The van der Waals surface area contributed by atoms with E-state index in [2.05, 4.69) is 10.4 Å². The lowest BCUT2D eigenvalue weighted by Crippen LogP contribution is -2.40.